The van der Waals surface area contributed by atoms with Crippen LogP contribution in [0.25, 0.3) is 11.3 Å². The van der Waals surface area contributed by atoms with Gasteiger partial charge in [-0.15, -0.1) is 13.2 Å². The van der Waals surface area contributed by atoms with Crippen molar-refractivity contribution in [2.24, 2.45) is 0 Å². The predicted octanol–water partition coefficient (Wildman–Crippen LogP) is 3.88. The zero-order valence-electron chi connectivity index (χ0n) is 9.41. The van der Waals surface area contributed by atoms with Crippen molar-refractivity contribution in [3.05, 3.63) is 41.6 Å². The topological polar surface area (TPSA) is 48.1 Å². The number of benzene rings is 1. The zero-order chi connectivity index (χ0) is 14.0. The number of nitrogens with two attached hydrogens (primary N) is 1. The van der Waals surface area contributed by atoms with Gasteiger partial charge in [0.1, 0.15) is 10.9 Å². The Morgan fingerprint density at radius 3 is 2.53 bits per heavy atom. The normalized spacial score (nSPS) is 11.4. The number of hydrogen-bond donors (Lipinski definition) is 1. The molecular formula is C12H8ClF3N2O. The van der Waals surface area contributed by atoms with Crippen molar-refractivity contribution >= 4 is 17.3 Å². The van der Waals surface area contributed by atoms with E-state index in [9.17, 15) is 13.2 Å². The number of alkyl halides is 3. The van der Waals surface area contributed by atoms with Crippen LogP contribution in [0.15, 0.2) is 36.4 Å². The Kier molecular flexibility index (Phi) is 3.53. The highest BCUT2D eigenvalue weighted by Gasteiger charge is 2.31. The molecule has 1 heterocycles. The average Bonchev–Trinajstić information content (AvgIpc) is 2.25. The number of pyridine rings is 1. The molecule has 0 aliphatic heterocycles. The maximum Gasteiger partial charge on any atom is 0.573 e. The third-order valence-electron chi connectivity index (χ3n) is 2.18. The molecule has 0 saturated heterocycles. The molecule has 2 aromatic rings. The Hall–Kier alpha value is -1.95. The Bertz CT molecular complexity index is 582. The number of nitrogens with zero attached hydrogens (tertiary/aromatic N) is 1. The first-order valence-corrected chi connectivity index (χ1v) is 5.50. The molecule has 0 aliphatic rings. The molecule has 1 aromatic carbocycles. The fraction of sp³-hybridized carbons (Fsp3) is 0.0833. The maximum absolute atomic E-state index is 12.1. The first kappa shape index (κ1) is 13.5. The summed E-state index contributed by atoms with van der Waals surface area (Å²) in [6, 6.07) is 8.38. The fourth-order valence-electron chi connectivity index (χ4n) is 1.52. The van der Waals surface area contributed by atoms with Crippen molar-refractivity contribution < 1.29 is 17.9 Å². The molecule has 0 spiro atoms. The van der Waals surface area contributed by atoms with E-state index >= 15 is 0 Å². The van der Waals surface area contributed by atoms with Crippen LogP contribution in [0.2, 0.25) is 5.15 Å². The lowest BCUT2D eigenvalue weighted by Gasteiger charge is -2.10. The maximum atomic E-state index is 12.1. The Labute approximate surface area is 111 Å². The third-order valence-corrected chi connectivity index (χ3v) is 2.37. The third kappa shape index (κ3) is 3.75. The summed E-state index contributed by atoms with van der Waals surface area (Å²) in [5.41, 5.74) is 6.77. The summed E-state index contributed by atoms with van der Waals surface area (Å²) in [4.78, 5) is 3.99. The monoisotopic (exact) mass is 288 g/mol. The first-order valence-electron chi connectivity index (χ1n) is 5.13. The molecule has 1 aromatic heterocycles. The summed E-state index contributed by atoms with van der Waals surface area (Å²) in [6.07, 6.45) is -4.74. The van der Waals surface area contributed by atoms with Crippen LogP contribution >= 0.6 is 11.6 Å². The van der Waals surface area contributed by atoms with E-state index in [1.165, 1.54) is 30.3 Å². The molecule has 0 unspecified atom stereocenters. The van der Waals surface area contributed by atoms with Crippen molar-refractivity contribution in [1.82, 2.24) is 4.98 Å². The van der Waals surface area contributed by atoms with E-state index in [-0.39, 0.29) is 10.9 Å². The summed E-state index contributed by atoms with van der Waals surface area (Å²) >= 11 is 5.74. The van der Waals surface area contributed by atoms with Crippen LogP contribution in [0.3, 0.4) is 0 Å². The largest absolute Gasteiger partial charge is 0.573 e. The second-order valence-corrected chi connectivity index (χ2v) is 4.07. The van der Waals surface area contributed by atoms with E-state index in [4.69, 9.17) is 17.3 Å². The molecule has 0 amide bonds. The van der Waals surface area contributed by atoms with Gasteiger partial charge in [0.2, 0.25) is 0 Å². The van der Waals surface area contributed by atoms with E-state index in [2.05, 4.69) is 9.72 Å². The van der Waals surface area contributed by atoms with Crippen molar-refractivity contribution in [1.29, 1.82) is 0 Å². The van der Waals surface area contributed by atoms with E-state index in [0.29, 0.717) is 16.9 Å². The van der Waals surface area contributed by atoms with Gasteiger partial charge in [-0.05, 0) is 24.3 Å². The lowest BCUT2D eigenvalue weighted by atomic mass is 10.1. The van der Waals surface area contributed by atoms with Crippen molar-refractivity contribution in [2.75, 3.05) is 5.73 Å². The quantitative estimate of drug-likeness (QED) is 0.853. The Morgan fingerprint density at radius 1 is 1.16 bits per heavy atom. The number of aromatic nitrogens is 1. The fourth-order valence-corrected chi connectivity index (χ4v) is 1.73. The lowest BCUT2D eigenvalue weighted by molar-refractivity contribution is -0.274. The summed E-state index contributed by atoms with van der Waals surface area (Å²) in [7, 11) is 0. The van der Waals surface area contributed by atoms with Gasteiger partial charge >= 0.3 is 6.36 Å². The molecule has 2 N–H and O–H groups in total. The highest BCUT2D eigenvalue weighted by Crippen LogP contribution is 2.28. The van der Waals surface area contributed by atoms with Gasteiger partial charge in [0.05, 0.1) is 5.69 Å². The van der Waals surface area contributed by atoms with Gasteiger partial charge in [-0.2, -0.15) is 0 Å². The van der Waals surface area contributed by atoms with Crippen LogP contribution in [0.5, 0.6) is 5.75 Å². The Morgan fingerprint density at radius 2 is 1.89 bits per heavy atom. The van der Waals surface area contributed by atoms with Crippen molar-refractivity contribution in [2.45, 2.75) is 6.36 Å². The second-order valence-electron chi connectivity index (χ2n) is 3.68. The molecule has 0 bridgehead atoms. The molecule has 0 atom stereocenters. The average molecular weight is 289 g/mol. The van der Waals surface area contributed by atoms with E-state index < -0.39 is 6.36 Å². The Balaban J connectivity index is 2.37. The van der Waals surface area contributed by atoms with Crippen LogP contribution < -0.4 is 10.5 Å². The second kappa shape index (κ2) is 4.97. The molecular weight excluding hydrogens is 281 g/mol. The van der Waals surface area contributed by atoms with Crippen LogP contribution in [-0.4, -0.2) is 11.3 Å². The van der Waals surface area contributed by atoms with Gasteiger partial charge in [-0.3, -0.25) is 0 Å². The minimum Gasteiger partial charge on any atom is -0.406 e. The van der Waals surface area contributed by atoms with Gasteiger partial charge in [0, 0.05) is 11.3 Å². The minimum atomic E-state index is -4.74. The number of ether oxygens (including phenoxy) is 1. The zero-order valence-corrected chi connectivity index (χ0v) is 10.2. The molecule has 7 heteroatoms. The highest BCUT2D eigenvalue weighted by molar-refractivity contribution is 6.29. The predicted molar refractivity (Wildman–Crippen MR) is 65.8 cm³/mol. The summed E-state index contributed by atoms with van der Waals surface area (Å²) < 4.78 is 40.2. The van der Waals surface area contributed by atoms with Crippen LogP contribution in [-0.2, 0) is 0 Å². The molecule has 2 rings (SSSR count). The molecule has 19 heavy (non-hydrogen) atoms. The van der Waals surface area contributed by atoms with Gasteiger partial charge < -0.3 is 10.5 Å². The number of halogens is 4. The smallest absolute Gasteiger partial charge is 0.406 e. The lowest BCUT2D eigenvalue weighted by Crippen LogP contribution is -2.17. The molecule has 3 nitrogen and oxygen atoms in total. The molecule has 0 aliphatic carbocycles. The minimum absolute atomic E-state index is 0.164. The van der Waals surface area contributed by atoms with E-state index in [1.54, 1.807) is 6.07 Å². The van der Waals surface area contributed by atoms with E-state index in [1.807, 2.05) is 0 Å². The summed E-state index contributed by atoms with van der Waals surface area (Å²) in [5.74, 6) is -0.328. The van der Waals surface area contributed by atoms with Crippen LogP contribution in [0, 0.1) is 0 Å². The highest BCUT2D eigenvalue weighted by atomic mass is 35.5. The van der Waals surface area contributed by atoms with Gasteiger partial charge in [0.15, 0.2) is 0 Å². The molecule has 0 fully saturated rings. The number of hydrogen-bond acceptors (Lipinski definition) is 3. The SMILES string of the molecule is Nc1cc(Cl)nc(-c2cccc(OC(F)(F)F)c2)c1. The van der Waals surface area contributed by atoms with Crippen molar-refractivity contribution in [3.63, 3.8) is 0 Å². The van der Waals surface area contributed by atoms with Crippen LogP contribution in [0.4, 0.5) is 18.9 Å². The molecule has 0 radical (unpaired) electrons. The van der Waals surface area contributed by atoms with Gasteiger partial charge in [-0.25, -0.2) is 4.98 Å². The number of rotatable bonds is 2. The van der Waals surface area contributed by atoms with E-state index in [0.717, 1.165) is 0 Å². The summed E-state index contributed by atoms with van der Waals surface area (Å²) in [5, 5.41) is 0.164. The van der Waals surface area contributed by atoms with Crippen molar-refractivity contribution in [3.8, 4) is 17.0 Å². The molecule has 0 saturated carbocycles. The number of nitrogen functional groups attached to an aromatic ring is 1. The van der Waals surface area contributed by atoms with Gasteiger partial charge in [0.25, 0.3) is 0 Å². The number of anilines is 1. The first-order chi connectivity index (χ1) is 8.83. The van der Waals surface area contributed by atoms with Gasteiger partial charge in [-0.1, -0.05) is 23.7 Å². The summed E-state index contributed by atoms with van der Waals surface area (Å²) in [6.45, 7) is 0. The molecule has 100 valence electrons. The standard InChI is InChI=1S/C12H8ClF3N2O/c13-11-6-8(17)5-10(18-11)7-2-1-3-9(4-7)19-12(14,15)16/h1-6H,(H2,17,18). The van der Waals surface area contributed by atoms with Crippen LogP contribution in [0.1, 0.15) is 0 Å².